The van der Waals surface area contributed by atoms with Crippen LogP contribution in [-0.4, -0.2) is 31.0 Å². The summed E-state index contributed by atoms with van der Waals surface area (Å²) in [4.78, 5) is 11.5. The Bertz CT molecular complexity index is 246. The summed E-state index contributed by atoms with van der Waals surface area (Å²) < 4.78 is 5.80. The number of nitrogens with one attached hydrogen (secondary N) is 1. The van der Waals surface area contributed by atoms with Gasteiger partial charge in [-0.3, -0.25) is 4.79 Å². The highest BCUT2D eigenvalue weighted by Gasteiger charge is 2.27. The van der Waals surface area contributed by atoms with Crippen LogP contribution in [0.3, 0.4) is 0 Å². The van der Waals surface area contributed by atoms with Gasteiger partial charge in [-0.25, -0.2) is 0 Å². The van der Waals surface area contributed by atoms with Gasteiger partial charge < -0.3 is 10.1 Å². The largest absolute Gasteiger partial charge is 0.378 e. The first-order chi connectivity index (χ1) is 8.53. The maximum Gasteiger partial charge on any atom is 0.219 e. The van der Waals surface area contributed by atoms with Crippen molar-refractivity contribution in [2.24, 2.45) is 5.41 Å². The van der Waals surface area contributed by atoms with Crippen LogP contribution in [0.1, 0.15) is 52.4 Å². The maximum absolute atomic E-state index is 11.5. The molecule has 0 aromatic heterocycles. The number of hydrogen-bond donors (Lipinski definition) is 1. The number of carbonyl (C=O) groups is 1. The van der Waals surface area contributed by atoms with Crippen molar-refractivity contribution in [2.75, 3.05) is 19.0 Å². The van der Waals surface area contributed by atoms with Crippen molar-refractivity contribution in [2.45, 2.75) is 58.5 Å². The van der Waals surface area contributed by atoms with Gasteiger partial charge in [0.2, 0.25) is 5.91 Å². The fourth-order valence-corrected chi connectivity index (χ4v) is 2.31. The van der Waals surface area contributed by atoms with Crippen molar-refractivity contribution in [3.8, 4) is 0 Å². The molecule has 1 heterocycles. The van der Waals surface area contributed by atoms with Crippen LogP contribution in [0.4, 0.5) is 0 Å². The van der Waals surface area contributed by atoms with E-state index in [9.17, 15) is 4.79 Å². The fourth-order valence-electron chi connectivity index (χ4n) is 2.12. The van der Waals surface area contributed by atoms with Crippen LogP contribution in [-0.2, 0) is 9.53 Å². The van der Waals surface area contributed by atoms with E-state index in [4.69, 9.17) is 16.3 Å². The molecule has 1 amide bonds. The van der Waals surface area contributed by atoms with Gasteiger partial charge in [-0.2, -0.15) is 0 Å². The van der Waals surface area contributed by atoms with E-state index in [0.717, 1.165) is 38.8 Å². The third-order valence-electron chi connectivity index (χ3n) is 3.43. The van der Waals surface area contributed by atoms with E-state index in [0.29, 0.717) is 23.8 Å². The second-order valence-corrected chi connectivity index (χ2v) is 6.30. The quantitative estimate of drug-likeness (QED) is 0.573. The average molecular weight is 276 g/mol. The molecule has 0 aromatic carbocycles. The third kappa shape index (κ3) is 6.60. The minimum Gasteiger partial charge on any atom is -0.378 e. The predicted molar refractivity (Wildman–Crippen MR) is 75.0 cm³/mol. The normalized spacial score (nSPS) is 22.7. The molecule has 0 spiro atoms. The molecule has 106 valence electrons. The highest BCUT2D eigenvalue weighted by molar-refractivity contribution is 6.17. The summed E-state index contributed by atoms with van der Waals surface area (Å²) in [6, 6.07) is 0. The van der Waals surface area contributed by atoms with Crippen molar-refractivity contribution in [1.82, 2.24) is 5.32 Å². The first-order valence-electron chi connectivity index (χ1n) is 6.98. The van der Waals surface area contributed by atoms with E-state index < -0.39 is 0 Å². The number of carbonyl (C=O) groups excluding carboxylic acids is 1. The van der Waals surface area contributed by atoms with Crippen LogP contribution in [0.25, 0.3) is 0 Å². The summed E-state index contributed by atoms with van der Waals surface area (Å²) in [5.74, 6) is 0.773. The van der Waals surface area contributed by atoms with Crippen LogP contribution >= 0.6 is 11.6 Å². The molecule has 0 saturated carbocycles. The molecular weight excluding hydrogens is 250 g/mol. The van der Waals surface area contributed by atoms with Gasteiger partial charge in [0.1, 0.15) is 0 Å². The highest BCUT2D eigenvalue weighted by Crippen LogP contribution is 2.30. The number of halogens is 1. The molecule has 1 saturated heterocycles. The molecule has 1 fully saturated rings. The molecular formula is C14H26ClNO2. The molecule has 1 aliphatic rings. The van der Waals surface area contributed by atoms with Gasteiger partial charge in [0.15, 0.2) is 0 Å². The van der Waals surface area contributed by atoms with Crippen LogP contribution in [0, 0.1) is 5.41 Å². The Kier molecular flexibility index (Phi) is 7.02. The summed E-state index contributed by atoms with van der Waals surface area (Å²) in [6.45, 7) is 6.04. The Hall–Kier alpha value is -0.280. The van der Waals surface area contributed by atoms with Crippen LogP contribution in [0.2, 0.25) is 0 Å². The van der Waals surface area contributed by atoms with E-state index in [1.807, 2.05) is 0 Å². The van der Waals surface area contributed by atoms with Crippen LogP contribution < -0.4 is 5.32 Å². The van der Waals surface area contributed by atoms with Crippen molar-refractivity contribution < 1.29 is 9.53 Å². The second-order valence-electron chi connectivity index (χ2n) is 5.92. The lowest BCUT2D eigenvalue weighted by Gasteiger charge is -2.34. The number of amides is 1. The van der Waals surface area contributed by atoms with Gasteiger partial charge in [-0.1, -0.05) is 13.8 Å². The number of rotatable bonds is 7. The topological polar surface area (TPSA) is 38.3 Å². The highest BCUT2D eigenvalue weighted by atomic mass is 35.5. The summed E-state index contributed by atoms with van der Waals surface area (Å²) in [7, 11) is 0. The standard InChI is InChI=1S/C14H26ClNO2/c1-14(2)8-6-12(18-11-14)7-10-16-13(17)5-3-4-9-15/h12H,3-11H2,1-2H3,(H,16,17). The molecule has 1 atom stereocenters. The molecule has 0 bridgehead atoms. The van der Waals surface area contributed by atoms with E-state index in [1.54, 1.807) is 0 Å². The zero-order valence-electron chi connectivity index (χ0n) is 11.6. The van der Waals surface area contributed by atoms with Gasteiger partial charge >= 0.3 is 0 Å². The van der Waals surface area contributed by atoms with Crippen molar-refractivity contribution in [1.29, 1.82) is 0 Å². The molecule has 3 nitrogen and oxygen atoms in total. The van der Waals surface area contributed by atoms with Gasteiger partial charge in [0.25, 0.3) is 0 Å². The van der Waals surface area contributed by atoms with Crippen molar-refractivity contribution in [3.05, 3.63) is 0 Å². The van der Waals surface area contributed by atoms with Gasteiger partial charge in [0.05, 0.1) is 12.7 Å². The molecule has 1 aliphatic heterocycles. The minimum absolute atomic E-state index is 0.135. The summed E-state index contributed by atoms with van der Waals surface area (Å²) >= 11 is 5.57. The third-order valence-corrected chi connectivity index (χ3v) is 3.70. The molecule has 1 unspecified atom stereocenters. The molecule has 0 aliphatic carbocycles. The molecule has 18 heavy (non-hydrogen) atoms. The second kappa shape index (κ2) is 8.00. The molecule has 0 aromatic rings. The van der Waals surface area contributed by atoms with Crippen LogP contribution in [0.5, 0.6) is 0 Å². The van der Waals surface area contributed by atoms with E-state index in [1.165, 1.54) is 6.42 Å². The zero-order valence-corrected chi connectivity index (χ0v) is 12.4. The zero-order chi connectivity index (χ0) is 13.4. The lowest BCUT2D eigenvalue weighted by molar-refractivity contribution is -0.121. The number of ether oxygens (including phenoxy) is 1. The number of hydrogen-bond acceptors (Lipinski definition) is 2. The van der Waals surface area contributed by atoms with Crippen LogP contribution in [0.15, 0.2) is 0 Å². The van der Waals surface area contributed by atoms with Crippen molar-refractivity contribution in [3.63, 3.8) is 0 Å². The number of unbranched alkanes of at least 4 members (excludes halogenated alkanes) is 1. The SMILES string of the molecule is CC1(C)CCC(CCNC(=O)CCCCCl)OC1. The summed E-state index contributed by atoms with van der Waals surface area (Å²) in [6.07, 6.45) is 5.94. The molecule has 0 radical (unpaired) electrons. The monoisotopic (exact) mass is 275 g/mol. The molecule has 1 N–H and O–H groups in total. The first kappa shape index (κ1) is 15.8. The molecule has 1 rings (SSSR count). The van der Waals surface area contributed by atoms with E-state index >= 15 is 0 Å². The molecule has 4 heteroatoms. The van der Waals surface area contributed by atoms with E-state index in [-0.39, 0.29) is 5.91 Å². The lowest BCUT2D eigenvalue weighted by Crippen LogP contribution is -2.34. The van der Waals surface area contributed by atoms with E-state index in [2.05, 4.69) is 19.2 Å². The predicted octanol–water partition coefficient (Wildman–Crippen LogP) is 3.11. The van der Waals surface area contributed by atoms with Gasteiger partial charge in [-0.05, 0) is 37.5 Å². The van der Waals surface area contributed by atoms with Crippen molar-refractivity contribution >= 4 is 17.5 Å². The first-order valence-corrected chi connectivity index (χ1v) is 7.51. The lowest BCUT2D eigenvalue weighted by atomic mass is 9.85. The summed E-state index contributed by atoms with van der Waals surface area (Å²) in [5.41, 5.74) is 0.321. The maximum atomic E-state index is 11.5. The van der Waals surface area contributed by atoms with Gasteiger partial charge in [-0.15, -0.1) is 11.6 Å². The Labute approximate surface area is 116 Å². The fraction of sp³-hybridized carbons (Fsp3) is 0.929. The Morgan fingerprint density at radius 2 is 2.22 bits per heavy atom. The Morgan fingerprint density at radius 3 is 2.83 bits per heavy atom. The Morgan fingerprint density at radius 1 is 1.44 bits per heavy atom. The summed E-state index contributed by atoms with van der Waals surface area (Å²) in [5, 5.41) is 2.95. The Balaban J connectivity index is 2.03. The minimum atomic E-state index is 0.135. The number of alkyl halides is 1. The van der Waals surface area contributed by atoms with Gasteiger partial charge in [0, 0.05) is 18.8 Å². The average Bonchev–Trinajstić information content (AvgIpc) is 2.32. The smallest absolute Gasteiger partial charge is 0.219 e.